The summed E-state index contributed by atoms with van der Waals surface area (Å²) in [4.78, 5) is 14.3. The normalized spacial score (nSPS) is 16.3. The average Bonchev–Trinajstić information content (AvgIpc) is 2.92. The fourth-order valence-corrected chi connectivity index (χ4v) is 4.66. The highest BCUT2D eigenvalue weighted by Gasteiger charge is 2.24. The first-order valence-electron chi connectivity index (χ1n) is 9.51. The number of methoxy groups -OCH3 is 1. The van der Waals surface area contributed by atoms with Gasteiger partial charge in [-0.2, -0.15) is 4.31 Å². The minimum atomic E-state index is -3.46. The van der Waals surface area contributed by atoms with Crippen LogP contribution in [-0.4, -0.2) is 70.5 Å². The summed E-state index contributed by atoms with van der Waals surface area (Å²) < 4.78 is 32.1. The van der Waals surface area contributed by atoms with Crippen LogP contribution in [0.25, 0.3) is 0 Å². The van der Waals surface area contributed by atoms with Gasteiger partial charge in [-0.05, 0) is 50.6 Å². The number of nitrogens with one attached hydrogen (secondary N) is 1. The molecular formula is C19H31N3O4S. The smallest absolute Gasteiger partial charge is 0.243 e. The van der Waals surface area contributed by atoms with Crippen LogP contribution in [0, 0.1) is 0 Å². The molecule has 1 aromatic carbocycles. The molecule has 0 aromatic heterocycles. The zero-order valence-corrected chi connectivity index (χ0v) is 17.1. The number of likely N-dealkylation sites (N-methyl/N-ethyl adjacent to an activating group) is 1. The lowest BCUT2D eigenvalue weighted by Crippen LogP contribution is -2.32. The molecule has 1 aromatic rings. The third-order valence-corrected chi connectivity index (χ3v) is 6.56. The molecule has 1 N–H and O–H groups in total. The molecule has 0 unspecified atom stereocenters. The van der Waals surface area contributed by atoms with E-state index < -0.39 is 10.0 Å². The molecule has 7 nitrogen and oxygen atoms in total. The summed E-state index contributed by atoms with van der Waals surface area (Å²) in [6.45, 7) is 2.87. The maximum atomic E-state index is 12.8. The molecule has 0 saturated carbocycles. The summed E-state index contributed by atoms with van der Waals surface area (Å²) in [7, 11) is 0.0753. The number of amides is 1. The van der Waals surface area contributed by atoms with E-state index in [0.717, 1.165) is 38.6 Å². The molecule has 1 amide bonds. The Bertz CT molecular complexity index is 683. The predicted octanol–water partition coefficient (Wildman–Crippen LogP) is 2.16. The first-order valence-corrected chi connectivity index (χ1v) is 10.9. The van der Waals surface area contributed by atoms with Crippen LogP contribution in [0.15, 0.2) is 29.2 Å². The van der Waals surface area contributed by atoms with Gasteiger partial charge in [0, 0.05) is 39.0 Å². The van der Waals surface area contributed by atoms with E-state index in [4.69, 9.17) is 4.74 Å². The molecule has 8 heteroatoms. The van der Waals surface area contributed by atoms with Gasteiger partial charge in [0.2, 0.25) is 15.9 Å². The molecule has 152 valence electrons. The van der Waals surface area contributed by atoms with Crippen molar-refractivity contribution in [3.63, 3.8) is 0 Å². The van der Waals surface area contributed by atoms with Gasteiger partial charge < -0.3 is 10.1 Å². The Morgan fingerprint density at radius 3 is 2.37 bits per heavy atom. The summed E-state index contributed by atoms with van der Waals surface area (Å²) in [5.74, 6) is -0.127. The summed E-state index contributed by atoms with van der Waals surface area (Å²) in [5.41, 5.74) is 0.597. The Labute approximate surface area is 162 Å². The minimum Gasteiger partial charge on any atom is -0.385 e. The number of sulfonamides is 1. The second-order valence-corrected chi connectivity index (χ2v) is 8.91. The number of nitrogens with zero attached hydrogens (tertiary/aromatic N) is 2. The summed E-state index contributed by atoms with van der Waals surface area (Å²) in [5, 5.41) is 2.81. The van der Waals surface area contributed by atoms with E-state index >= 15 is 0 Å². The monoisotopic (exact) mass is 397 g/mol. The van der Waals surface area contributed by atoms with Gasteiger partial charge in [-0.15, -0.1) is 0 Å². The molecule has 27 heavy (non-hydrogen) atoms. The molecule has 1 fully saturated rings. The van der Waals surface area contributed by atoms with Crippen molar-refractivity contribution < 1.29 is 17.9 Å². The number of carbonyl (C=O) groups is 1. The zero-order chi connectivity index (χ0) is 19.7. The van der Waals surface area contributed by atoms with Crippen LogP contribution < -0.4 is 5.32 Å². The molecule has 1 aliphatic heterocycles. The molecule has 1 heterocycles. The van der Waals surface area contributed by atoms with E-state index in [1.165, 1.54) is 0 Å². The van der Waals surface area contributed by atoms with E-state index in [2.05, 4.69) is 5.32 Å². The van der Waals surface area contributed by atoms with Gasteiger partial charge in [0.05, 0.1) is 11.4 Å². The van der Waals surface area contributed by atoms with Gasteiger partial charge in [0.15, 0.2) is 0 Å². The third-order valence-electron chi connectivity index (χ3n) is 4.64. The van der Waals surface area contributed by atoms with E-state index in [-0.39, 0.29) is 17.3 Å². The Morgan fingerprint density at radius 1 is 1.15 bits per heavy atom. The van der Waals surface area contributed by atoms with Gasteiger partial charge in [0.1, 0.15) is 0 Å². The van der Waals surface area contributed by atoms with Gasteiger partial charge in [-0.3, -0.25) is 9.69 Å². The number of benzene rings is 1. The molecule has 1 aliphatic rings. The molecule has 0 atom stereocenters. The second kappa shape index (κ2) is 10.8. The predicted molar refractivity (Wildman–Crippen MR) is 106 cm³/mol. The highest BCUT2D eigenvalue weighted by Crippen LogP contribution is 2.21. The number of anilines is 1. The van der Waals surface area contributed by atoms with Crippen LogP contribution in [-0.2, 0) is 19.6 Å². The first kappa shape index (κ1) is 21.8. The Balaban J connectivity index is 1.91. The van der Waals surface area contributed by atoms with Crippen molar-refractivity contribution in [2.45, 2.75) is 37.0 Å². The maximum absolute atomic E-state index is 12.8. The fourth-order valence-electron chi connectivity index (χ4n) is 3.14. The van der Waals surface area contributed by atoms with Crippen LogP contribution in [0.1, 0.15) is 32.1 Å². The van der Waals surface area contributed by atoms with Gasteiger partial charge in [0.25, 0.3) is 0 Å². The Morgan fingerprint density at radius 2 is 1.78 bits per heavy atom. The Hall–Kier alpha value is -1.48. The SMILES string of the molecule is COCCCN(C)CC(=O)Nc1ccc(S(=O)(=O)N2CCCCCC2)cc1. The first-order chi connectivity index (χ1) is 12.9. The third kappa shape index (κ3) is 6.88. The van der Waals surface area contributed by atoms with E-state index in [0.29, 0.717) is 25.4 Å². The van der Waals surface area contributed by atoms with Crippen molar-refractivity contribution >= 4 is 21.6 Å². The molecule has 0 radical (unpaired) electrons. The average molecular weight is 398 g/mol. The molecule has 2 rings (SSSR count). The molecule has 0 aliphatic carbocycles. The lowest BCUT2D eigenvalue weighted by Gasteiger charge is -2.20. The number of carbonyl (C=O) groups excluding carboxylic acids is 1. The highest BCUT2D eigenvalue weighted by atomic mass is 32.2. The molecular weight excluding hydrogens is 366 g/mol. The quantitative estimate of drug-likeness (QED) is 0.646. The number of hydrogen-bond donors (Lipinski definition) is 1. The number of hydrogen-bond acceptors (Lipinski definition) is 5. The molecule has 0 spiro atoms. The van der Waals surface area contributed by atoms with Crippen molar-refractivity contribution in [1.29, 1.82) is 0 Å². The van der Waals surface area contributed by atoms with E-state index in [1.807, 2.05) is 11.9 Å². The lowest BCUT2D eigenvalue weighted by atomic mass is 10.2. The van der Waals surface area contributed by atoms with E-state index in [1.54, 1.807) is 35.7 Å². The maximum Gasteiger partial charge on any atom is 0.243 e. The van der Waals surface area contributed by atoms with Crippen molar-refractivity contribution in [2.75, 3.05) is 52.3 Å². The summed E-state index contributed by atoms with van der Waals surface area (Å²) >= 11 is 0. The minimum absolute atomic E-state index is 0.127. The van der Waals surface area contributed by atoms with Gasteiger partial charge in [-0.1, -0.05) is 12.8 Å². The summed E-state index contributed by atoms with van der Waals surface area (Å²) in [6, 6.07) is 6.43. The topological polar surface area (TPSA) is 79.0 Å². The van der Waals surface area contributed by atoms with Crippen LogP contribution in [0.5, 0.6) is 0 Å². The number of ether oxygens (including phenoxy) is 1. The lowest BCUT2D eigenvalue weighted by molar-refractivity contribution is -0.117. The molecule has 1 saturated heterocycles. The standard InChI is InChI=1S/C19H31N3O4S/c1-21(12-7-15-26-2)16-19(23)20-17-8-10-18(11-9-17)27(24,25)22-13-5-3-4-6-14-22/h8-11H,3-7,12-16H2,1-2H3,(H,20,23). The second-order valence-electron chi connectivity index (χ2n) is 6.97. The van der Waals surface area contributed by atoms with Crippen molar-refractivity contribution in [2.24, 2.45) is 0 Å². The van der Waals surface area contributed by atoms with Crippen LogP contribution in [0.3, 0.4) is 0 Å². The van der Waals surface area contributed by atoms with Crippen molar-refractivity contribution in [3.05, 3.63) is 24.3 Å². The Kier molecular flexibility index (Phi) is 8.69. The number of rotatable bonds is 9. The van der Waals surface area contributed by atoms with Crippen LogP contribution in [0.2, 0.25) is 0 Å². The van der Waals surface area contributed by atoms with E-state index in [9.17, 15) is 13.2 Å². The summed E-state index contributed by atoms with van der Waals surface area (Å²) in [6.07, 6.45) is 4.84. The highest BCUT2D eigenvalue weighted by molar-refractivity contribution is 7.89. The fraction of sp³-hybridized carbons (Fsp3) is 0.632. The van der Waals surface area contributed by atoms with Crippen molar-refractivity contribution in [1.82, 2.24) is 9.21 Å². The van der Waals surface area contributed by atoms with Gasteiger partial charge >= 0.3 is 0 Å². The zero-order valence-electron chi connectivity index (χ0n) is 16.3. The van der Waals surface area contributed by atoms with Crippen molar-refractivity contribution in [3.8, 4) is 0 Å². The van der Waals surface area contributed by atoms with Crippen LogP contribution in [0.4, 0.5) is 5.69 Å². The largest absolute Gasteiger partial charge is 0.385 e. The van der Waals surface area contributed by atoms with Gasteiger partial charge in [-0.25, -0.2) is 8.42 Å². The van der Waals surface area contributed by atoms with Crippen LogP contribution >= 0.6 is 0 Å². The molecule has 0 bridgehead atoms.